The van der Waals surface area contributed by atoms with Gasteiger partial charge >= 0.3 is 6.61 Å². The molecule has 0 aliphatic rings. The van der Waals surface area contributed by atoms with Gasteiger partial charge in [-0.1, -0.05) is 35.9 Å². The number of benzene rings is 2. The van der Waals surface area contributed by atoms with Gasteiger partial charge in [-0.3, -0.25) is 20.4 Å². The van der Waals surface area contributed by atoms with E-state index in [0.717, 1.165) is 0 Å². The minimum absolute atomic E-state index is 0.146. The predicted molar refractivity (Wildman–Crippen MR) is 79.5 cm³/mol. The number of halogens is 3. The molecule has 0 fully saturated rings. The lowest BCUT2D eigenvalue weighted by Gasteiger charge is -2.11. The van der Waals surface area contributed by atoms with E-state index in [1.165, 1.54) is 36.4 Å². The van der Waals surface area contributed by atoms with Crippen molar-refractivity contribution >= 4 is 23.4 Å². The second kappa shape index (κ2) is 7.55. The van der Waals surface area contributed by atoms with E-state index in [4.69, 9.17) is 11.6 Å². The molecule has 0 radical (unpaired) electrons. The number of ether oxygens (including phenoxy) is 1. The van der Waals surface area contributed by atoms with Crippen LogP contribution in [0.25, 0.3) is 0 Å². The highest BCUT2D eigenvalue weighted by molar-refractivity contribution is 6.33. The summed E-state index contributed by atoms with van der Waals surface area (Å²) in [5, 5.41) is 0.209. The molecule has 0 spiro atoms. The maximum absolute atomic E-state index is 12.3. The molecule has 2 aromatic carbocycles. The molecular weight excluding hydrogens is 330 g/mol. The van der Waals surface area contributed by atoms with Crippen LogP contribution in [0.1, 0.15) is 20.7 Å². The molecule has 0 heterocycles. The average Bonchev–Trinajstić information content (AvgIpc) is 2.52. The molecule has 0 bridgehead atoms. The van der Waals surface area contributed by atoms with Crippen molar-refractivity contribution in [3.8, 4) is 5.75 Å². The Morgan fingerprint density at radius 1 is 0.913 bits per heavy atom. The average molecular weight is 341 g/mol. The number of carbonyl (C=O) groups is 2. The maximum Gasteiger partial charge on any atom is 0.387 e. The normalized spacial score (nSPS) is 10.3. The minimum Gasteiger partial charge on any atom is -0.434 e. The van der Waals surface area contributed by atoms with Gasteiger partial charge in [0.2, 0.25) is 0 Å². The van der Waals surface area contributed by atoms with E-state index in [1.807, 2.05) is 0 Å². The maximum atomic E-state index is 12.3. The molecule has 120 valence electrons. The van der Waals surface area contributed by atoms with Crippen LogP contribution in [0, 0.1) is 0 Å². The van der Waals surface area contributed by atoms with Gasteiger partial charge in [-0.2, -0.15) is 8.78 Å². The summed E-state index contributed by atoms with van der Waals surface area (Å²) in [7, 11) is 0. The first-order valence-corrected chi connectivity index (χ1v) is 6.76. The highest BCUT2D eigenvalue weighted by Crippen LogP contribution is 2.20. The van der Waals surface area contributed by atoms with Crippen LogP contribution >= 0.6 is 11.6 Å². The van der Waals surface area contributed by atoms with Gasteiger partial charge in [0.25, 0.3) is 11.8 Å². The van der Waals surface area contributed by atoms with Crippen molar-refractivity contribution in [3.63, 3.8) is 0 Å². The number of para-hydroxylation sites is 1. The highest BCUT2D eigenvalue weighted by Gasteiger charge is 2.16. The van der Waals surface area contributed by atoms with Gasteiger partial charge in [0.05, 0.1) is 16.1 Å². The Bertz CT molecular complexity index is 725. The summed E-state index contributed by atoms with van der Waals surface area (Å²) in [5.74, 6) is -1.75. The van der Waals surface area contributed by atoms with Crippen LogP contribution in [0.4, 0.5) is 8.78 Å². The Morgan fingerprint density at radius 2 is 1.43 bits per heavy atom. The van der Waals surface area contributed by atoms with E-state index in [1.54, 1.807) is 12.1 Å². The van der Waals surface area contributed by atoms with Crippen molar-refractivity contribution < 1.29 is 23.1 Å². The molecule has 5 nitrogen and oxygen atoms in total. The summed E-state index contributed by atoms with van der Waals surface area (Å²) < 4.78 is 28.9. The molecule has 0 saturated carbocycles. The van der Waals surface area contributed by atoms with Crippen LogP contribution in [0.3, 0.4) is 0 Å². The molecule has 0 atom stereocenters. The van der Waals surface area contributed by atoms with Crippen molar-refractivity contribution in [2.24, 2.45) is 0 Å². The van der Waals surface area contributed by atoms with Gasteiger partial charge in [0, 0.05) is 0 Å². The van der Waals surface area contributed by atoms with Crippen LogP contribution in [0.2, 0.25) is 5.02 Å². The Labute approximate surface area is 135 Å². The van der Waals surface area contributed by atoms with Crippen molar-refractivity contribution in [2.45, 2.75) is 6.61 Å². The van der Waals surface area contributed by atoms with Crippen LogP contribution in [0.15, 0.2) is 48.5 Å². The number of amides is 2. The van der Waals surface area contributed by atoms with Crippen molar-refractivity contribution in [1.29, 1.82) is 0 Å². The summed E-state index contributed by atoms with van der Waals surface area (Å²) in [6, 6.07) is 11.7. The third kappa shape index (κ3) is 4.40. The Balaban J connectivity index is 2.06. The number of nitrogens with one attached hydrogen (secondary N) is 2. The Hall–Kier alpha value is -2.67. The minimum atomic E-state index is -3.07. The zero-order chi connectivity index (χ0) is 16.8. The third-order valence-electron chi connectivity index (χ3n) is 2.76. The summed E-state index contributed by atoms with van der Waals surface area (Å²) in [4.78, 5) is 23.9. The summed E-state index contributed by atoms with van der Waals surface area (Å²) in [6.07, 6.45) is 0. The first kappa shape index (κ1) is 16.7. The standard InChI is InChI=1S/C15H11ClF2N2O3/c16-11-7-3-1-5-9(11)13(21)19-20-14(22)10-6-2-4-8-12(10)23-15(17)18/h1-8,15H,(H,19,21)(H,20,22). The Morgan fingerprint density at radius 3 is 2.04 bits per heavy atom. The van der Waals surface area contributed by atoms with E-state index in [9.17, 15) is 18.4 Å². The van der Waals surface area contributed by atoms with Crippen LogP contribution in [-0.2, 0) is 0 Å². The largest absolute Gasteiger partial charge is 0.434 e. The number of hydrogen-bond donors (Lipinski definition) is 2. The van der Waals surface area contributed by atoms with E-state index in [2.05, 4.69) is 15.6 Å². The fourth-order valence-corrected chi connectivity index (χ4v) is 1.97. The molecule has 0 aliphatic heterocycles. The van der Waals surface area contributed by atoms with Gasteiger partial charge < -0.3 is 4.74 Å². The molecule has 0 saturated heterocycles. The fraction of sp³-hybridized carbons (Fsp3) is 0.0667. The predicted octanol–water partition coefficient (Wildman–Crippen LogP) is 3.02. The summed E-state index contributed by atoms with van der Waals surface area (Å²) >= 11 is 5.86. The van der Waals surface area contributed by atoms with Crippen molar-refractivity contribution in [2.75, 3.05) is 0 Å². The van der Waals surface area contributed by atoms with Crippen molar-refractivity contribution in [3.05, 3.63) is 64.7 Å². The van der Waals surface area contributed by atoms with Crippen molar-refractivity contribution in [1.82, 2.24) is 10.9 Å². The third-order valence-corrected chi connectivity index (χ3v) is 3.09. The van der Waals surface area contributed by atoms with E-state index >= 15 is 0 Å². The first-order valence-electron chi connectivity index (χ1n) is 6.38. The van der Waals surface area contributed by atoms with Crippen LogP contribution < -0.4 is 15.6 Å². The monoisotopic (exact) mass is 340 g/mol. The van der Waals surface area contributed by atoms with Gasteiger partial charge in [0.15, 0.2) is 0 Å². The van der Waals surface area contributed by atoms with Gasteiger partial charge in [-0.25, -0.2) is 0 Å². The Kier molecular flexibility index (Phi) is 5.48. The lowest BCUT2D eigenvalue weighted by atomic mass is 10.2. The highest BCUT2D eigenvalue weighted by atomic mass is 35.5. The van der Waals surface area contributed by atoms with Gasteiger partial charge in [-0.15, -0.1) is 0 Å². The molecule has 2 N–H and O–H groups in total. The molecule has 23 heavy (non-hydrogen) atoms. The topological polar surface area (TPSA) is 67.4 Å². The molecule has 0 unspecified atom stereocenters. The molecule has 0 aliphatic carbocycles. The second-order valence-corrected chi connectivity index (χ2v) is 4.67. The van der Waals surface area contributed by atoms with E-state index in [0.29, 0.717) is 0 Å². The van der Waals surface area contributed by atoms with E-state index in [-0.39, 0.29) is 21.9 Å². The quantitative estimate of drug-likeness (QED) is 0.841. The molecule has 2 rings (SSSR count). The fourth-order valence-electron chi connectivity index (χ4n) is 1.75. The molecular formula is C15H11ClF2N2O3. The zero-order valence-corrected chi connectivity index (χ0v) is 12.3. The number of alkyl halides is 2. The lowest BCUT2D eigenvalue weighted by Crippen LogP contribution is -2.41. The second-order valence-electron chi connectivity index (χ2n) is 4.26. The zero-order valence-electron chi connectivity index (χ0n) is 11.6. The number of carbonyl (C=O) groups excluding carboxylic acids is 2. The molecule has 0 aromatic heterocycles. The van der Waals surface area contributed by atoms with Gasteiger partial charge in [-0.05, 0) is 24.3 Å². The number of hydrogen-bond acceptors (Lipinski definition) is 3. The summed E-state index contributed by atoms with van der Waals surface area (Å²) in [6.45, 7) is -3.07. The van der Waals surface area contributed by atoms with Crippen LogP contribution in [0.5, 0.6) is 5.75 Å². The number of hydrazine groups is 1. The SMILES string of the molecule is O=C(NNC(=O)c1ccccc1OC(F)F)c1ccccc1Cl. The van der Waals surface area contributed by atoms with E-state index < -0.39 is 18.4 Å². The molecule has 8 heteroatoms. The first-order chi connectivity index (χ1) is 11.0. The lowest BCUT2D eigenvalue weighted by molar-refractivity contribution is -0.0501. The summed E-state index contributed by atoms with van der Waals surface area (Å²) in [5.41, 5.74) is 4.28. The van der Waals surface area contributed by atoms with Gasteiger partial charge in [0.1, 0.15) is 5.75 Å². The molecule has 2 amide bonds. The molecule has 2 aromatic rings. The smallest absolute Gasteiger partial charge is 0.387 e. The van der Waals surface area contributed by atoms with Crippen LogP contribution in [-0.4, -0.2) is 18.4 Å². The number of rotatable bonds is 4.